The van der Waals surface area contributed by atoms with E-state index in [2.05, 4.69) is 11.8 Å². The summed E-state index contributed by atoms with van der Waals surface area (Å²) in [5.74, 6) is 0.490. The number of benzene rings is 1. The highest BCUT2D eigenvalue weighted by molar-refractivity contribution is 6.05. The first-order valence-electron chi connectivity index (χ1n) is 10.7. The van der Waals surface area contributed by atoms with Crippen molar-refractivity contribution in [2.45, 2.75) is 37.8 Å². The summed E-state index contributed by atoms with van der Waals surface area (Å²) < 4.78 is 15.8. The Labute approximate surface area is 182 Å². The first-order chi connectivity index (χ1) is 15.0. The number of nitrogens with zero attached hydrogens (tertiary/aromatic N) is 2. The fourth-order valence-electron chi connectivity index (χ4n) is 5.57. The third-order valence-corrected chi connectivity index (χ3v) is 7.05. The van der Waals surface area contributed by atoms with Gasteiger partial charge in [-0.2, -0.15) is 0 Å². The van der Waals surface area contributed by atoms with Gasteiger partial charge in [0.25, 0.3) is 0 Å². The zero-order valence-corrected chi connectivity index (χ0v) is 18.5. The molecular weight excluding hydrogens is 400 g/mol. The zero-order chi connectivity index (χ0) is 22.2. The average molecular weight is 431 g/mol. The molecule has 3 aliphatic rings. The van der Waals surface area contributed by atoms with Gasteiger partial charge in [0.15, 0.2) is 5.60 Å². The van der Waals surface area contributed by atoms with E-state index in [1.54, 1.807) is 7.11 Å². The summed E-state index contributed by atoms with van der Waals surface area (Å²) in [4.78, 5) is 25.1. The van der Waals surface area contributed by atoms with Gasteiger partial charge >= 0.3 is 5.97 Å². The van der Waals surface area contributed by atoms with E-state index in [0.29, 0.717) is 24.2 Å². The Morgan fingerprint density at radius 1 is 1.35 bits per heavy atom. The molecule has 4 atom stereocenters. The lowest BCUT2D eigenvalue weighted by atomic mass is 9.70. The monoisotopic (exact) mass is 430 g/mol. The van der Waals surface area contributed by atoms with Gasteiger partial charge in [-0.15, -0.1) is 0 Å². The number of esters is 1. The number of aliphatic imine (C=N–C) groups is 1. The molecule has 0 spiro atoms. The molecular formula is C23H30N2O6. The highest BCUT2D eigenvalue weighted by Gasteiger charge is 2.56. The molecule has 1 N–H and O–H groups in total. The molecule has 1 aromatic carbocycles. The number of fused-ring (bicyclic) bond motifs is 5. The lowest BCUT2D eigenvalue weighted by Gasteiger charge is -2.50. The molecule has 3 heterocycles. The van der Waals surface area contributed by atoms with Crippen LogP contribution in [0.25, 0.3) is 0 Å². The lowest BCUT2D eigenvalue weighted by Crippen LogP contribution is -2.61. The van der Waals surface area contributed by atoms with Gasteiger partial charge in [0.2, 0.25) is 0 Å². The van der Waals surface area contributed by atoms with E-state index in [1.807, 2.05) is 18.2 Å². The summed E-state index contributed by atoms with van der Waals surface area (Å²) in [5.41, 5.74) is 1.78. The third-order valence-electron chi connectivity index (χ3n) is 7.05. The number of piperidine rings is 2. The molecule has 0 radical (unpaired) electrons. The number of hydrogen-bond acceptors (Lipinski definition) is 8. The number of ether oxygens (including phenoxy) is 3. The van der Waals surface area contributed by atoms with Crippen molar-refractivity contribution in [3.63, 3.8) is 0 Å². The molecule has 31 heavy (non-hydrogen) atoms. The van der Waals surface area contributed by atoms with Crippen LogP contribution in [0.5, 0.6) is 5.75 Å². The smallest absolute Gasteiger partial charge is 0.337 e. The molecule has 3 aliphatic heterocycles. The zero-order valence-electron chi connectivity index (χ0n) is 18.5. The highest BCUT2D eigenvalue weighted by Crippen LogP contribution is 2.53. The second-order valence-corrected chi connectivity index (χ2v) is 8.34. The summed E-state index contributed by atoms with van der Waals surface area (Å²) in [7, 11) is 4.53. The van der Waals surface area contributed by atoms with Crippen molar-refractivity contribution in [3.8, 4) is 5.75 Å². The average Bonchev–Trinajstić information content (AvgIpc) is 3.16. The maximum absolute atomic E-state index is 12.5. The first-order valence-corrected chi connectivity index (χ1v) is 10.7. The standard InChI is InChI=1S/C23H30N2O6/c1-5-14-12-25-10-9-23(31-27)20-17(7-6-8-19(20)29-3)24-21(23)18(25)11-15(14)16(13-28-2)22(26)30-4/h6-8,13-15,18,27H,5,9-12H2,1-4H3/t14-,15+,18+,23+/m1/s1. The number of carbonyl (C=O) groups excluding carboxylic acids is 1. The van der Waals surface area contributed by atoms with Gasteiger partial charge in [0.05, 0.1) is 56.2 Å². The van der Waals surface area contributed by atoms with Gasteiger partial charge in [0.1, 0.15) is 5.75 Å². The summed E-state index contributed by atoms with van der Waals surface area (Å²) >= 11 is 0. The van der Waals surface area contributed by atoms with E-state index in [4.69, 9.17) is 24.1 Å². The van der Waals surface area contributed by atoms with E-state index in [0.717, 1.165) is 36.5 Å². The minimum atomic E-state index is -1.04. The van der Waals surface area contributed by atoms with E-state index >= 15 is 0 Å². The van der Waals surface area contributed by atoms with Gasteiger partial charge in [-0.25, -0.2) is 9.68 Å². The minimum absolute atomic E-state index is 0.0542. The van der Waals surface area contributed by atoms with Crippen molar-refractivity contribution in [1.29, 1.82) is 0 Å². The van der Waals surface area contributed by atoms with E-state index < -0.39 is 5.60 Å². The van der Waals surface area contributed by atoms with Crippen LogP contribution in [0.4, 0.5) is 5.69 Å². The number of hydrogen-bond donors (Lipinski definition) is 1. The van der Waals surface area contributed by atoms with Crippen LogP contribution in [0.1, 0.15) is 31.7 Å². The SMILES string of the molecule is CC[C@@H]1CN2CC[C@@]3(OO)C(=Nc4cccc(OC)c43)[C@@H]2C[C@@H]1C(=COC)C(=O)OC. The molecule has 2 fully saturated rings. The molecule has 0 bridgehead atoms. The van der Waals surface area contributed by atoms with Crippen LogP contribution in [0.3, 0.4) is 0 Å². The number of carbonyl (C=O) groups is 1. The maximum Gasteiger partial charge on any atom is 0.337 e. The normalized spacial score (nSPS) is 30.0. The summed E-state index contributed by atoms with van der Waals surface area (Å²) in [6.07, 6.45) is 3.66. The van der Waals surface area contributed by atoms with E-state index in [-0.39, 0.29) is 23.8 Å². The second kappa shape index (κ2) is 8.61. The van der Waals surface area contributed by atoms with Crippen LogP contribution in [0.2, 0.25) is 0 Å². The van der Waals surface area contributed by atoms with Crippen molar-refractivity contribution in [1.82, 2.24) is 4.90 Å². The predicted molar refractivity (Wildman–Crippen MR) is 114 cm³/mol. The van der Waals surface area contributed by atoms with Gasteiger partial charge in [-0.3, -0.25) is 15.1 Å². The van der Waals surface area contributed by atoms with Crippen molar-refractivity contribution >= 4 is 17.4 Å². The van der Waals surface area contributed by atoms with Gasteiger partial charge in [-0.1, -0.05) is 19.4 Å². The highest BCUT2D eigenvalue weighted by atomic mass is 17.1. The van der Waals surface area contributed by atoms with Crippen LogP contribution >= 0.6 is 0 Å². The van der Waals surface area contributed by atoms with Gasteiger partial charge in [0, 0.05) is 19.5 Å². The predicted octanol–water partition coefficient (Wildman–Crippen LogP) is 3.29. The molecule has 168 valence electrons. The van der Waals surface area contributed by atoms with Crippen LogP contribution < -0.4 is 4.74 Å². The molecule has 1 aromatic rings. The largest absolute Gasteiger partial charge is 0.504 e. The van der Waals surface area contributed by atoms with Crippen LogP contribution in [0.15, 0.2) is 35.0 Å². The number of methoxy groups -OCH3 is 3. The fraction of sp³-hybridized carbons (Fsp3) is 0.565. The molecule has 0 unspecified atom stereocenters. The number of rotatable bonds is 6. The molecule has 0 saturated carbocycles. The summed E-state index contributed by atoms with van der Waals surface area (Å²) in [6.45, 7) is 3.70. The van der Waals surface area contributed by atoms with Gasteiger partial charge in [-0.05, 0) is 30.4 Å². The quantitative estimate of drug-likeness (QED) is 0.243. The molecule has 8 heteroatoms. The second-order valence-electron chi connectivity index (χ2n) is 8.34. The topological polar surface area (TPSA) is 89.8 Å². The Morgan fingerprint density at radius 3 is 2.81 bits per heavy atom. The molecule has 4 rings (SSSR count). The van der Waals surface area contributed by atoms with Crippen molar-refractivity contribution < 1.29 is 29.1 Å². The fourth-order valence-corrected chi connectivity index (χ4v) is 5.57. The third kappa shape index (κ3) is 3.33. The molecule has 2 saturated heterocycles. The summed E-state index contributed by atoms with van der Waals surface area (Å²) in [6, 6.07) is 5.57. The van der Waals surface area contributed by atoms with Crippen LogP contribution in [-0.4, -0.2) is 62.3 Å². The van der Waals surface area contributed by atoms with Crippen molar-refractivity contribution in [3.05, 3.63) is 35.6 Å². The maximum atomic E-state index is 12.5. The summed E-state index contributed by atoms with van der Waals surface area (Å²) in [5, 5.41) is 10.1. The van der Waals surface area contributed by atoms with Crippen LogP contribution in [-0.2, 0) is 24.8 Å². The Morgan fingerprint density at radius 2 is 2.16 bits per heavy atom. The first kappa shape index (κ1) is 21.8. The van der Waals surface area contributed by atoms with Crippen molar-refractivity contribution in [2.24, 2.45) is 16.8 Å². The van der Waals surface area contributed by atoms with E-state index in [9.17, 15) is 10.1 Å². The van der Waals surface area contributed by atoms with Crippen LogP contribution in [0, 0.1) is 11.8 Å². The van der Waals surface area contributed by atoms with Gasteiger partial charge < -0.3 is 14.2 Å². The van der Waals surface area contributed by atoms with E-state index in [1.165, 1.54) is 20.5 Å². The molecule has 0 aliphatic carbocycles. The minimum Gasteiger partial charge on any atom is -0.504 e. The Hall–Kier alpha value is -2.42. The Kier molecular flexibility index (Phi) is 6.05. The Balaban J connectivity index is 1.75. The molecule has 0 aromatic heterocycles. The lowest BCUT2D eigenvalue weighted by molar-refractivity contribution is -0.311. The van der Waals surface area contributed by atoms with Crippen molar-refractivity contribution in [2.75, 3.05) is 34.4 Å². The molecule has 0 amide bonds. The molecule has 8 nitrogen and oxygen atoms in total. The Bertz CT molecular complexity index is 913.